The van der Waals surface area contributed by atoms with E-state index in [0.717, 1.165) is 6.54 Å². The fourth-order valence-electron chi connectivity index (χ4n) is 1.98. The van der Waals surface area contributed by atoms with Crippen molar-refractivity contribution in [2.75, 3.05) is 47.2 Å². The highest BCUT2D eigenvalue weighted by Gasteiger charge is 2.08. The maximum Gasteiger partial charge on any atom is 0.239 e. The molecule has 0 unspecified atom stereocenters. The number of nitrogens with one attached hydrogen (secondary N) is 2. The number of hydrogen-bond acceptors (Lipinski definition) is 4. The number of halogens is 1. The zero-order chi connectivity index (χ0) is 17.1. The minimum atomic E-state index is -0.0825. The van der Waals surface area contributed by atoms with Crippen molar-refractivity contribution in [3.05, 3.63) is 29.8 Å². The van der Waals surface area contributed by atoms with E-state index in [-0.39, 0.29) is 36.4 Å². The first-order valence-electron chi connectivity index (χ1n) is 7.41. The number of carbonyl (C=O) groups excluding carboxylic acids is 1. The van der Waals surface area contributed by atoms with E-state index in [2.05, 4.69) is 46.1 Å². The van der Waals surface area contributed by atoms with E-state index in [4.69, 9.17) is 4.74 Å². The van der Waals surface area contributed by atoms with E-state index < -0.39 is 0 Å². The van der Waals surface area contributed by atoms with Crippen LogP contribution in [0.25, 0.3) is 0 Å². The summed E-state index contributed by atoms with van der Waals surface area (Å²) < 4.78 is 4.89. The molecular weight excluding hydrogens is 439 g/mol. The molecule has 0 fully saturated rings. The van der Waals surface area contributed by atoms with E-state index in [1.165, 1.54) is 10.5 Å². The number of thioether (sulfide) groups is 1. The minimum Gasteiger partial charge on any atom is -0.383 e. The molecule has 0 saturated heterocycles. The van der Waals surface area contributed by atoms with Crippen LogP contribution < -0.4 is 10.6 Å². The Balaban J connectivity index is 0.00000529. The SMILES string of the molecule is CN=C(NCC(=O)NCCOC)N(C)Cc1ccc(SC)cc1.I. The molecule has 0 atom stereocenters. The average molecular weight is 466 g/mol. The van der Waals surface area contributed by atoms with Gasteiger partial charge in [0.05, 0.1) is 13.2 Å². The molecule has 0 radical (unpaired) electrons. The van der Waals surface area contributed by atoms with Gasteiger partial charge in [-0.2, -0.15) is 0 Å². The van der Waals surface area contributed by atoms with Crippen molar-refractivity contribution in [1.82, 2.24) is 15.5 Å². The highest BCUT2D eigenvalue weighted by atomic mass is 127. The van der Waals surface area contributed by atoms with Gasteiger partial charge in [0.25, 0.3) is 0 Å². The predicted molar refractivity (Wildman–Crippen MR) is 111 cm³/mol. The Hall–Kier alpha value is -1.000. The molecule has 0 aliphatic carbocycles. The Bertz CT molecular complexity index is 511. The summed E-state index contributed by atoms with van der Waals surface area (Å²) >= 11 is 1.72. The van der Waals surface area contributed by atoms with Crippen LogP contribution in [0.4, 0.5) is 0 Å². The number of carbonyl (C=O) groups is 1. The van der Waals surface area contributed by atoms with Crippen LogP contribution in [0.1, 0.15) is 5.56 Å². The molecule has 2 N–H and O–H groups in total. The van der Waals surface area contributed by atoms with E-state index in [0.29, 0.717) is 19.1 Å². The minimum absolute atomic E-state index is 0. The van der Waals surface area contributed by atoms with Gasteiger partial charge in [-0.3, -0.25) is 9.79 Å². The lowest BCUT2D eigenvalue weighted by molar-refractivity contribution is -0.120. The predicted octanol–water partition coefficient (Wildman–Crippen LogP) is 1.80. The van der Waals surface area contributed by atoms with E-state index in [1.54, 1.807) is 25.9 Å². The van der Waals surface area contributed by atoms with Crippen molar-refractivity contribution in [2.45, 2.75) is 11.4 Å². The maximum absolute atomic E-state index is 11.7. The van der Waals surface area contributed by atoms with Gasteiger partial charge in [0.1, 0.15) is 0 Å². The molecule has 0 heterocycles. The Morgan fingerprint density at radius 1 is 1.29 bits per heavy atom. The zero-order valence-electron chi connectivity index (χ0n) is 14.7. The number of guanidine groups is 1. The van der Waals surface area contributed by atoms with Gasteiger partial charge < -0.3 is 20.3 Å². The number of benzene rings is 1. The number of ether oxygens (including phenoxy) is 1. The van der Waals surface area contributed by atoms with Crippen LogP contribution in [0.3, 0.4) is 0 Å². The smallest absolute Gasteiger partial charge is 0.239 e. The Morgan fingerprint density at radius 2 is 1.96 bits per heavy atom. The normalized spacial score (nSPS) is 10.8. The number of amides is 1. The van der Waals surface area contributed by atoms with Gasteiger partial charge in [0.2, 0.25) is 5.91 Å². The molecule has 24 heavy (non-hydrogen) atoms. The summed E-state index contributed by atoms with van der Waals surface area (Å²) in [5.41, 5.74) is 1.19. The molecule has 1 rings (SSSR count). The first kappa shape index (κ1) is 23.0. The summed E-state index contributed by atoms with van der Waals surface area (Å²) in [5, 5.41) is 5.82. The summed E-state index contributed by atoms with van der Waals surface area (Å²) in [4.78, 5) is 19.1. The second-order valence-corrected chi connectivity index (χ2v) is 5.83. The Morgan fingerprint density at radius 3 is 2.50 bits per heavy atom. The van der Waals surface area contributed by atoms with Gasteiger partial charge in [-0.25, -0.2) is 0 Å². The maximum atomic E-state index is 11.7. The molecule has 8 heteroatoms. The number of methoxy groups -OCH3 is 1. The molecule has 136 valence electrons. The highest BCUT2D eigenvalue weighted by molar-refractivity contribution is 14.0. The molecule has 0 spiro atoms. The molecule has 0 saturated carbocycles. The molecular formula is C16H27IN4O2S. The number of hydrogen-bond donors (Lipinski definition) is 2. The standard InChI is InChI=1S/C16H26N4O2S.HI/c1-17-16(19-11-15(21)18-9-10-22-3)20(2)12-13-5-7-14(23-4)8-6-13;/h5-8H,9-12H2,1-4H3,(H,17,19)(H,18,21);1H. The van der Waals surface area contributed by atoms with Crippen LogP contribution in [0.2, 0.25) is 0 Å². The third-order valence-electron chi connectivity index (χ3n) is 3.19. The van der Waals surface area contributed by atoms with Crippen molar-refractivity contribution in [3.8, 4) is 0 Å². The topological polar surface area (TPSA) is 66.0 Å². The van der Waals surface area contributed by atoms with Crippen molar-refractivity contribution in [3.63, 3.8) is 0 Å². The quantitative estimate of drug-likeness (QED) is 0.201. The van der Waals surface area contributed by atoms with Crippen molar-refractivity contribution < 1.29 is 9.53 Å². The summed E-state index contributed by atoms with van der Waals surface area (Å²) in [7, 11) is 5.26. The molecule has 0 aliphatic rings. The number of nitrogens with zero attached hydrogens (tertiary/aromatic N) is 2. The second-order valence-electron chi connectivity index (χ2n) is 4.95. The first-order valence-corrected chi connectivity index (χ1v) is 8.63. The summed E-state index contributed by atoms with van der Waals surface area (Å²) in [6.45, 7) is 1.92. The zero-order valence-corrected chi connectivity index (χ0v) is 17.8. The molecule has 1 aromatic rings. The summed E-state index contributed by atoms with van der Waals surface area (Å²) in [6.07, 6.45) is 2.06. The van der Waals surface area contributed by atoms with Crippen LogP contribution in [-0.4, -0.2) is 63.9 Å². The molecule has 0 bridgehead atoms. The molecule has 0 aromatic heterocycles. The number of aliphatic imine (C=N–C) groups is 1. The lowest BCUT2D eigenvalue weighted by Gasteiger charge is -2.22. The van der Waals surface area contributed by atoms with E-state index >= 15 is 0 Å². The van der Waals surface area contributed by atoms with Gasteiger partial charge >= 0.3 is 0 Å². The molecule has 1 amide bonds. The van der Waals surface area contributed by atoms with Gasteiger partial charge in [0.15, 0.2) is 5.96 Å². The Labute approximate surface area is 165 Å². The largest absolute Gasteiger partial charge is 0.383 e. The van der Waals surface area contributed by atoms with Crippen LogP contribution in [-0.2, 0) is 16.1 Å². The van der Waals surface area contributed by atoms with Crippen LogP contribution in [0.15, 0.2) is 34.2 Å². The summed E-state index contributed by atoms with van der Waals surface area (Å²) in [5.74, 6) is 0.599. The number of rotatable bonds is 8. The molecule has 0 aliphatic heterocycles. The summed E-state index contributed by atoms with van der Waals surface area (Å²) in [6, 6.07) is 8.42. The van der Waals surface area contributed by atoms with Crippen molar-refractivity contribution >= 4 is 47.6 Å². The van der Waals surface area contributed by atoms with Crippen LogP contribution >= 0.6 is 35.7 Å². The van der Waals surface area contributed by atoms with E-state index in [1.807, 2.05) is 11.9 Å². The lowest BCUT2D eigenvalue weighted by atomic mass is 10.2. The lowest BCUT2D eigenvalue weighted by Crippen LogP contribution is -2.44. The second kappa shape index (κ2) is 13.3. The van der Waals surface area contributed by atoms with Gasteiger partial charge in [0, 0.05) is 39.2 Å². The van der Waals surface area contributed by atoms with Gasteiger partial charge in [-0.05, 0) is 24.0 Å². The third-order valence-corrected chi connectivity index (χ3v) is 3.93. The third kappa shape index (κ3) is 8.74. The Kier molecular flexibility index (Phi) is 12.8. The van der Waals surface area contributed by atoms with Crippen molar-refractivity contribution in [2.24, 2.45) is 4.99 Å². The van der Waals surface area contributed by atoms with Gasteiger partial charge in [-0.15, -0.1) is 35.7 Å². The first-order chi connectivity index (χ1) is 11.1. The monoisotopic (exact) mass is 466 g/mol. The fourth-order valence-corrected chi connectivity index (χ4v) is 2.39. The van der Waals surface area contributed by atoms with Crippen LogP contribution in [0.5, 0.6) is 0 Å². The molecule has 1 aromatic carbocycles. The van der Waals surface area contributed by atoms with Crippen LogP contribution in [0, 0.1) is 0 Å². The van der Waals surface area contributed by atoms with Gasteiger partial charge in [-0.1, -0.05) is 12.1 Å². The fraction of sp³-hybridized carbons (Fsp3) is 0.500. The average Bonchev–Trinajstić information content (AvgIpc) is 2.56. The highest BCUT2D eigenvalue weighted by Crippen LogP contribution is 2.15. The van der Waals surface area contributed by atoms with E-state index in [9.17, 15) is 4.79 Å². The van der Waals surface area contributed by atoms with Crippen molar-refractivity contribution in [1.29, 1.82) is 0 Å². The molecule has 6 nitrogen and oxygen atoms in total.